The highest BCUT2D eigenvalue weighted by Crippen LogP contribution is 2.30. The SMILES string of the molecule is CC(=O)OC(CC(C)(F)F)c1cccc(Br)n1. The van der Waals surface area contributed by atoms with Crippen molar-refractivity contribution in [2.75, 3.05) is 0 Å². The second-order valence-corrected chi connectivity index (χ2v) is 4.57. The van der Waals surface area contributed by atoms with Crippen molar-refractivity contribution in [1.29, 1.82) is 0 Å². The maximum atomic E-state index is 13.0. The van der Waals surface area contributed by atoms with Crippen LogP contribution in [0.4, 0.5) is 8.78 Å². The minimum absolute atomic E-state index is 0.302. The molecule has 0 fully saturated rings. The molecule has 0 N–H and O–H groups in total. The lowest BCUT2D eigenvalue weighted by Gasteiger charge is -2.20. The predicted octanol–water partition coefficient (Wildman–Crippen LogP) is 3.49. The van der Waals surface area contributed by atoms with E-state index in [-0.39, 0.29) is 0 Å². The van der Waals surface area contributed by atoms with Gasteiger partial charge in [-0.1, -0.05) is 6.07 Å². The summed E-state index contributed by atoms with van der Waals surface area (Å²) < 4.78 is 31.3. The van der Waals surface area contributed by atoms with Crippen LogP contribution < -0.4 is 0 Å². The van der Waals surface area contributed by atoms with Crippen molar-refractivity contribution >= 4 is 21.9 Å². The van der Waals surface area contributed by atoms with Crippen molar-refractivity contribution in [3.63, 3.8) is 0 Å². The minimum Gasteiger partial charge on any atom is -0.456 e. The fourth-order valence-corrected chi connectivity index (χ4v) is 1.69. The molecule has 0 bridgehead atoms. The van der Waals surface area contributed by atoms with E-state index in [0.717, 1.165) is 6.92 Å². The molecule has 1 atom stereocenters. The van der Waals surface area contributed by atoms with Gasteiger partial charge in [0.15, 0.2) is 0 Å². The lowest BCUT2D eigenvalue weighted by molar-refractivity contribution is -0.151. The first kappa shape index (κ1) is 14.0. The van der Waals surface area contributed by atoms with Gasteiger partial charge in [0.05, 0.1) is 12.1 Å². The van der Waals surface area contributed by atoms with E-state index in [2.05, 4.69) is 20.9 Å². The van der Waals surface area contributed by atoms with Gasteiger partial charge >= 0.3 is 5.97 Å². The largest absolute Gasteiger partial charge is 0.456 e. The molecule has 0 radical (unpaired) electrons. The Balaban J connectivity index is 2.93. The van der Waals surface area contributed by atoms with Gasteiger partial charge in [0.1, 0.15) is 10.7 Å². The van der Waals surface area contributed by atoms with Crippen LogP contribution in [-0.4, -0.2) is 16.9 Å². The second-order valence-electron chi connectivity index (χ2n) is 3.76. The van der Waals surface area contributed by atoms with E-state index in [9.17, 15) is 13.6 Å². The highest BCUT2D eigenvalue weighted by Gasteiger charge is 2.30. The van der Waals surface area contributed by atoms with Crippen molar-refractivity contribution < 1.29 is 18.3 Å². The van der Waals surface area contributed by atoms with Crippen LogP contribution in [0.15, 0.2) is 22.8 Å². The van der Waals surface area contributed by atoms with E-state index < -0.39 is 24.4 Å². The maximum Gasteiger partial charge on any atom is 0.303 e. The molecule has 0 saturated carbocycles. The number of ether oxygens (including phenoxy) is 1. The van der Waals surface area contributed by atoms with E-state index in [1.807, 2.05) is 0 Å². The molecule has 1 heterocycles. The molecule has 0 saturated heterocycles. The van der Waals surface area contributed by atoms with Crippen molar-refractivity contribution in [1.82, 2.24) is 4.98 Å². The van der Waals surface area contributed by atoms with Gasteiger partial charge in [-0.15, -0.1) is 0 Å². The first-order chi connectivity index (χ1) is 7.78. The Hall–Kier alpha value is -1.04. The summed E-state index contributed by atoms with van der Waals surface area (Å²) in [6, 6.07) is 4.86. The molecule has 0 amide bonds. The van der Waals surface area contributed by atoms with Gasteiger partial charge in [-0.3, -0.25) is 4.79 Å². The molecular weight excluding hydrogens is 296 g/mol. The zero-order valence-corrected chi connectivity index (χ0v) is 11.0. The van der Waals surface area contributed by atoms with E-state index in [1.54, 1.807) is 18.2 Å². The topological polar surface area (TPSA) is 39.2 Å². The Morgan fingerprint density at radius 2 is 2.24 bits per heavy atom. The number of rotatable bonds is 4. The summed E-state index contributed by atoms with van der Waals surface area (Å²) >= 11 is 3.14. The van der Waals surface area contributed by atoms with Gasteiger partial charge in [-0.25, -0.2) is 13.8 Å². The Bertz CT molecular complexity index is 407. The highest BCUT2D eigenvalue weighted by molar-refractivity contribution is 9.10. The van der Waals surface area contributed by atoms with E-state index in [1.165, 1.54) is 6.92 Å². The van der Waals surface area contributed by atoms with Crippen LogP contribution in [0, 0.1) is 0 Å². The molecular formula is C11H12BrF2NO2. The normalized spacial score (nSPS) is 13.2. The Kier molecular flexibility index (Phi) is 4.56. The number of esters is 1. The van der Waals surface area contributed by atoms with Crippen molar-refractivity contribution in [2.45, 2.75) is 32.3 Å². The summed E-state index contributed by atoms with van der Waals surface area (Å²) in [4.78, 5) is 14.9. The monoisotopic (exact) mass is 307 g/mol. The number of aromatic nitrogens is 1. The highest BCUT2D eigenvalue weighted by atomic mass is 79.9. The molecule has 6 heteroatoms. The van der Waals surface area contributed by atoms with Gasteiger partial charge in [0, 0.05) is 6.92 Å². The fourth-order valence-electron chi connectivity index (χ4n) is 1.34. The standard InChI is InChI=1S/C11H12BrF2NO2/c1-7(16)17-9(6-11(2,13)14)8-4-3-5-10(12)15-8/h3-5,9H,6H2,1-2H3. The number of carbonyl (C=O) groups excluding carboxylic acids is 1. The molecule has 0 aliphatic heterocycles. The van der Waals surface area contributed by atoms with E-state index >= 15 is 0 Å². The molecule has 1 aromatic heterocycles. The third kappa shape index (κ3) is 5.21. The molecule has 1 rings (SSSR count). The Morgan fingerprint density at radius 3 is 2.71 bits per heavy atom. The van der Waals surface area contributed by atoms with Crippen LogP contribution >= 0.6 is 15.9 Å². The number of alkyl halides is 2. The van der Waals surface area contributed by atoms with Crippen LogP contribution in [0.2, 0.25) is 0 Å². The first-order valence-corrected chi connectivity index (χ1v) is 5.75. The van der Waals surface area contributed by atoms with Crippen molar-refractivity contribution in [2.24, 2.45) is 0 Å². The minimum atomic E-state index is -2.93. The smallest absolute Gasteiger partial charge is 0.303 e. The second kappa shape index (κ2) is 5.53. The van der Waals surface area contributed by atoms with Crippen LogP contribution in [0.25, 0.3) is 0 Å². The van der Waals surface area contributed by atoms with Gasteiger partial charge in [0.2, 0.25) is 5.92 Å². The Labute approximate surface area is 106 Å². The average Bonchev–Trinajstić information content (AvgIpc) is 2.13. The molecule has 0 aromatic carbocycles. The van der Waals surface area contributed by atoms with Gasteiger partial charge in [-0.05, 0) is 35.0 Å². The molecule has 1 aromatic rings. The number of nitrogens with zero attached hydrogens (tertiary/aromatic N) is 1. The zero-order valence-electron chi connectivity index (χ0n) is 9.41. The maximum absolute atomic E-state index is 13.0. The van der Waals surface area contributed by atoms with Crippen molar-refractivity contribution in [3.05, 3.63) is 28.5 Å². The lowest BCUT2D eigenvalue weighted by Crippen LogP contribution is -2.20. The first-order valence-electron chi connectivity index (χ1n) is 4.95. The summed E-state index contributed by atoms with van der Waals surface area (Å²) in [5.74, 6) is -3.54. The van der Waals surface area contributed by atoms with E-state index in [4.69, 9.17) is 4.74 Å². The van der Waals surface area contributed by atoms with Crippen LogP contribution in [-0.2, 0) is 9.53 Å². The molecule has 94 valence electrons. The van der Waals surface area contributed by atoms with Crippen LogP contribution in [0.5, 0.6) is 0 Å². The van der Waals surface area contributed by atoms with Gasteiger partial charge < -0.3 is 4.74 Å². The van der Waals surface area contributed by atoms with Crippen molar-refractivity contribution in [3.8, 4) is 0 Å². The summed E-state index contributed by atoms with van der Waals surface area (Å²) in [5, 5.41) is 0. The Morgan fingerprint density at radius 1 is 1.59 bits per heavy atom. The van der Waals surface area contributed by atoms with Crippen LogP contribution in [0.1, 0.15) is 32.1 Å². The number of halogens is 3. The molecule has 0 aliphatic rings. The third-order valence-corrected chi connectivity index (χ3v) is 2.36. The van der Waals surface area contributed by atoms with Gasteiger partial charge in [-0.2, -0.15) is 0 Å². The van der Waals surface area contributed by atoms with Crippen LogP contribution in [0.3, 0.4) is 0 Å². The summed E-state index contributed by atoms with van der Waals surface area (Å²) in [6.45, 7) is 1.96. The number of pyridine rings is 1. The number of hydrogen-bond donors (Lipinski definition) is 0. The molecule has 0 aliphatic carbocycles. The summed E-state index contributed by atoms with van der Waals surface area (Å²) in [7, 11) is 0. The zero-order chi connectivity index (χ0) is 13.1. The quantitative estimate of drug-likeness (QED) is 0.631. The molecule has 17 heavy (non-hydrogen) atoms. The predicted molar refractivity (Wildman–Crippen MR) is 61.7 cm³/mol. The summed E-state index contributed by atoms with van der Waals surface area (Å²) in [5.41, 5.74) is 0.302. The third-order valence-electron chi connectivity index (χ3n) is 1.92. The number of carbonyl (C=O) groups is 1. The molecule has 1 unspecified atom stereocenters. The average molecular weight is 308 g/mol. The molecule has 0 spiro atoms. The lowest BCUT2D eigenvalue weighted by atomic mass is 10.1. The van der Waals surface area contributed by atoms with E-state index in [0.29, 0.717) is 10.3 Å². The summed E-state index contributed by atoms with van der Waals surface area (Å²) in [6.07, 6.45) is -1.62. The fraction of sp³-hybridized carbons (Fsp3) is 0.455. The molecule has 3 nitrogen and oxygen atoms in total. The number of hydrogen-bond acceptors (Lipinski definition) is 3. The van der Waals surface area contributed by atoms with Gasteiger partial charge in [0.25, 0.3) is 0 Å².